The topological polar surface area (TPSA) is 66.9 Å². The summed E-state index contributed by atoms with van der Waals surface area (Å²) in [7, 11) is 0. The van der Waals surface area contributed by atoms with Crippen LogP contribution in [-0.4, -0.2) is 21.6 Å². The number of H-pyrrole nitrogens is 1. The number of hydrogen-bond acceptors (Lipinski definition) is 2. The fourth-order valence-corrected chi connectivity index (χ4v) is 2.82. The van der Waals surface area contributed by atoms with Gasteiger partial charge in [0.05, 0.1) is 5.56 Å². The lowest BCUT2D eigenvalue weighted by Crippen LogP contribution is -2.28. The molecular weight excluding hydrogens is 335 g/mol. The number of halogens is 3. The van der Waals surface area contributed by atoms with Gasteiger partial charge in [-0.2, -0.15) is 13.2 Å². The van der Waals surface area contributed by atoms with Gasteiger partial charge in [-0.15, -0.1) is 0 Å². The minimum Gasteiger partial charge on any atom is -0.348 e. The molecule has 0 fully saturated rings. The molecule has 0 bridgehead atoms. The van der Waals surface area contributed by atoms with E-state index in [1.807, 2.05) is 0 Å². The predicted octanol–water partition coefficient (Wildman–Crippen LogP) is 2.90. The molecule has 8 heteroatoms. The predicted molar refractivity (Wildman–Crippen MR) is 87.7 cm³/mol. The Kier molecular flexibility index (Phi) is 5.10. The van der Waals surface area contributed by atoms with Crippen LogP contribution in [0.5, 0.6) is 0 Å². The molecule has 0 aliphatic heterocycles. The zero-order chi connectivity index (χ0) is 18.9. The van der Waals surface area contributed by atoms with E-state index < -0.39 is 18.6 Å². The highest BCUT2D eigenvalue weighted by Crippen LogP contribution is 2.23. The SMILES string of the molecule is Cc1cc(C)c(CNC(=O)c2cc(C)n(CC(F)(F)F)c2C)c(=O)[nH]1. The van der Waals surface area contributed by atoms with Gasteiger partial charge in [0.2, 0.25) is 0 Å². The van der Waals surface area contributed by atoms with E-state index in [0.717, 1.165) is 10.1 Å². The van der Waals surface area contributed by atoms with Crippen molar-refractivity contribution in [2.45, 2.75) is 47.0 Å². The fraction of sp³-hybridized carbons (Fsp3) is 0.412. The molecule has 0 aliphatic rings. The Bertz CT molecular complexity index is 863. The van der Waals surface area contributed by atoms with E-state index in [0.29, 0.717) is 17.0 Å². The number of nitrogens with one attached hydrogen (secondary N) is 2. The number of aromatic nitrogens is 2. The lowest BCUT2D eigenvalue weighted by atomic mass is 10.1. The molecule has 0 aliphatic carbocycles. The van der Waals surface area contributed by atoms with Gasteiger partial charge in [0, 0.05) is 29.2 Å². The molecule has 2 heterocycles. The number of nitrogens with zero attached hydrogens (tertiary/aromatic N) is 1. The van der Waals surface area contributed by atoms with Crippen LogP contribution >= 0.6 is 0 Å². The van der Waals surface area contributed by atoms with Crippen molar-refractivity contribution < 1.29 is 18.0 Å². The third-order valence-corrected chi connectivity index (χ3v) is 4.08. The molecule has 0 unspecified atom stereocenters. The maximum atomic E-state index is 12.6. The number of hydrogen-bond donors (Lipinski definition) is 2. The Balaban J connectivity index is 2.20. The lowest BCUT2D eigenvalue weighted by molar-refractivity contribution is -0.141. The molecule has 0 aromatic carbocycles. The summed E-state index contributed by atoms with van der Waals surface area (Å²) in [6.07, 6.45) is -4.37. The van der Waals surface area contributed by atoms with Crippen LogP contribution in [0.2, 0.25) is 0 Å². The second-order valence-electron chi connectivity index (χ2n) is 6.11. The van der Waals surface area contributed by atoms with Crippen LogP contribution in [0.1, 0.15) is 38.6 Å². The number of amides is 1. The van der Waals surface area contributed by atoms with Crippen LogP contribution in [-0.2, 0) is 13.1 Å². The summed E-state index contributed by atoms with van der Waals surface area (Å²) >= 11 is 0. The van der Waals surface area contributed by atoms with Gasteiger partial charge in [-0.05, 0) is 45.4 Å². The Morgan fingerprint density at radius 2 is 1.84 bits per heavy atom. The van der Waals surface area contributed by atoms with Crippen molar-refractivity contribution in [1.82, 2.24) is 14.9 Å². The standard InChI is InChI=1S/C17H20F3N3O2/c1-9-5-10(2)22-16(25)14(9)7-21-15(24)13-6-11(3)23(12(13)4)8-17(18,19)20/h5-6H,7-8H2,1-4H3,(H,21,24)(H,22,25). The first-order chi connectivity index (χ1) is 11.5. The van der Waals surface area contributed by atoms with Gasteiger partial charge in [0.15, 0.2) is 0 Å². The smallest absolute Gasteiger partial charge is 0.348 e. The van der Waals surface area contributed by atoms with Gasteiger partial charge >= 0.3 is 6.18 Å². The first-order valence-electron chi connectivity index (χ1n) is 7.70. The van der Waals surface area contributed by atoms with Crippen molar-refractivity contribution in [3.05, 3.63) is 56.3 Å². The van der Waals surface area contributed by atoms with Crippen LogP contribution in [0.4, 0.5) is 13.2 Å². The monoisotopic (exact) mass is 355 g/mol. The number of pyridine rings is 1. The van der Waals surface area contributed by atoms with E-state index in [1.165, 1.54) is 19.9 Å². The Labute approximate surface area is 142 Å². The molecule has 0 spiro atoms. The van der Waals surface area contributed by atoms with Crippen molar-refractivity contribution in [2.24, 2.45) is 0 Å². The van der Waals surface area contributed by atoms with E-state index in [2.05, 4.69) is 10.3 Å². The summed E-state index contributed by atoms with van der Waals surface area (Å²) < 4.78 is 39.0. The Hall–Kier alpha value is -2.51. The first kappa shape index (κ1) is 18.8. The molecule has 25 heavy (non-hydrogen) atoms. The maximum absolute atomic E-state index is 12.6. The number of alkyl halides is 3. The normalized spacial score (nSPS) is 11.6. The highest BCUT2D eigenvalue weighted by molar-refractivity contribution is 5.95. The lowest BCUT2D eigenvalue weighted by Gasteiger charge is -2.12. The summed E-state index contributed by atoms with van der Waals surface area (Å²) in [6, 6.07) is 3.21. The third-order valence-electron chi connectivity index (χ3n) is 4.08. The molecular formula is C17H20F3N3O2. The largest absolute Gasteiger partial charge is 0.406 e. The van der Waals surface area contributed by atoms with Crippen LogP contribution < -0.4 is 10.9 Å². The van der Waals surface area contributed by atoms with Gasteiger partial charge in [-0.3, -0.25) is 9.59 Å². The van der Waals surface area contributed by atoms with Gasteiger partial charge in [-0.1, -0.05) is 0 Å². The molecule has 0 radical (unpaired) electrons. The van der Waals surface area contributed by atoms with E-state index >= 15 is 0 Å². The van der Waals surface area contributed by atoms with Crippen molar-refractivity contribution in [1.29, 1.82) is 0 Å². The second kappa shape index (κ2) is 6.78. The molecule has 1 amide bonds. The van der Waals surface area contributed by atoms with E-state index in [9.17, 15) is 22.8 Å². The third kappa shape index (κ3) is 4.32. The number of aryl methyl sites for hydroxylation is 3. The van der Waals surface area contributed by atoms with E-state index in [-0.39, 0.29) is 23.4 Å². The van der Waals surface area contributed by atoms with Crippen LogP contribution in [0.15, 0.2) is 16.9 Å². The highest BCUT2D eigenvalue weighted by atomic mass is 19.4. The second-order valence-corrected chi connectivity index (χ2v) is 6.11. The summed E-state index contributed by atoms with van der Waals surface area (Å²) in [5.41, 5.74) is 2.34. The first-order valence-corrected chi connectivity index (χ1v) is 7.70. The Morgan fingerprint density at radius 3 is 2.40 bits per heavy atom. The van der Waals surface area contributed by atoms with Crippen molar-refractivity contribution in [2.75, 3.05) is 0 Å². The van der Waals surface area contributed by atoms with Crippen molar-refractivity contribution in [3.8, 4) is 0 Å². The Morgan fingerprint density at radius 1 is 1.20 bits per heavy atom. The highest BCUT2D eigenvalue weighted by Gasteiger charge is 2.30. The molecule has 2 aromatic heterocycles. The van der Waals surface area contributed by atoms with Crippen LogP contribution in [0.3, 0.4) is 0 Å². The molecule has 5 nitrogen and oxygen atoms in total. The van der Waals surface area contributed by atoms with Gasteiger partial charge in [-0.25, -0.2) is 0 Å². The van der Waals surface area contributed by atoms with Crippen molar-refractivity contribution in [3.63, 3.8) is 0 Å². The molecule has 2 rings (SSSR count). The molecule has 0 saturated heterocycles. The maximum Gasteiger partial charge on any atom is 0.406 e. The quantitative estimate of drug-likeness (QED) is 0.886. The summed E-state index contributed by atoms with van der Waals surface area (Å²) in [5.74, 6) is -0.513. The zero-order valence-electron chi connectivity index (χ0n) is 14.5. The molecule has 2 N–H and O–H groups in total. The van der Waals surface area contributed by atoms with Crippen LogP contribution in [0, 0.1) is 27.7 Å². The molecule has 136 valence electrons. The molecule has 0 saturated carbocycles. The minimum atomic E-state index is -4.37. The minimum absolute atomic E-state index is 0.00319. The van der Waals surface area contributed by atoms with Gasteiger partial charge in [0.25, 0.3) is 11.5 Å². The number of carbonyl (C=O) groups is 1. The van der Waals surface area contributed by atoms with E-state index in [4.69, 9.17) is 0 Å². The number of aromatic amines is 1. The van der Waals surface area contributed by atoms with Gasteiger partial charge < -0.3 is 14.9 Å². The van der Waals surface area contributed by atoms with E-state index in [1.54, 1.807) is 19.9 Å². The van der Waals surface area contributed by atoms with Gasteiger partial charge in [0.1, 0.15) is 6.54 Å². The van der Waals surface area contributed by atoms with Crippen molar-refractivity contribution >= 4 is 5.91 Å². The summed E-state index contributed by atoms with van der Waals surface area (Å²) in [6.45, 7) is 5.37. The number of rotatable bonds is 4. The molecule has 0 atom stereocenters. The fourth-order valence-electron chi connectivity index (χ4n) is 2.82. The average molecular weight is 355 g/mol. The summed E-state index contributed by atoms with van der Waals surface area (Å²) in [4.78, 5) is 27.0. The summed E-state index contributed by atoms with van der Waals surface area (Å²) in [5, 5.41) is 2.61. The number of carbonyl (C=O) groups excluding carboxylic acids is 1. The van der Waals surface area contributed by atoms with Crippen LogP contribution in [0.25, 0.3) is 0 Å². The molecule has 2 aromatic rings. The average Bonchev–Trinajstić information content (AvgIpc) is 2.72. The zero-order valence-corrected chi connectivity index (χ0v) is 14.5.